The SMILES string of the molecule is CCC(CC)c1ccc2c(c1)C(C)(C)c1cc3c(cc1-2)C(C)(C)c1cc(C(CC)(CC)Nc2c4ccccc4c(-c4ccccc4)c4ccccc24)ccc1-3. The van der Waals surface area contributed by atoms with Gasteiger partial charge in [0.05, 0.1) is 11.2 Å². The summed E-state index contributed by atoms with van der Waals surface area (Å²) in [6, 6.07) is 48.8. The fourth-order valence-electron chi connectivity index (χ4n) is 10.6. The van der Waals surface area contributed by atoms with Crippen LogP contribution in [0.5, 0.6) is 0 Å². The van der Waals surface area contributed by atoms with Crippen molar-refractivity contribution < 1.29 is 0 Å². The van der Waals surface area contributed by atoms with Crippen LogP contribution in [0.25, 0.3) is 54.9 Å². The standard InChI is InChI=1S/C54H55N/c1-9-34(10-2)36-26-28-38-44-32-49-45(33-48(44)52(5,6)46(38)30-36)39-29-27-37(31-47(39)53(49,7)8)54(11-3,12-4)55-51-42-24-18-16-22-40(42)50(35-20-14-13-15-21-35)41-23-17-19-25-43(41)51/h13-34,55H,9-12H2,1-8H3. The Morgan fingerprint density at radius 2 is 0.964 bits per heavy atom. The zero-order chi connectivity index (χ0) is 38.3. The lowest BCUT2D eigenvalue weighted by atomic mass is 9.77. The fraction of sp³-hybridized carbons (Fsp3) is 0.296. The number of nitrogens with one attached hydrogen (secondary N) is 1. The third-order valence-corrected chi connectivity index (χ3v) is 14.1. The van der Waals surface area contributed by atoms with Gasteiger partial charge in [0.2, 0.25) is 0 Å². The third kappa shape index (κ3) is 5.18. The van der Waals surface area contributed by atoms with E-state index >= 15 is 0 Å². The first-order chi connectivity index (χ1) is 26.6. The maximum atomic E-state index is 4.29. The lowest BCUT2D eigenvalue weighted by molar-refractivity contribution is 0.454. The van der Waals surface area contributed by atoms with Crippen molar-refractivity contribution >= 4 is 27.2 Å². The summed E-state index contributed by atoms with van der Waals surface area (Å²) in [6.45, 7) is 19.1. The Labute approximate surface area is 328 Å². The molecule has 0 spiro atoms. The highest BCUT2D eigenvalue weighted by Gasteiger charge is 2.43. The maximum absolute atomic E-state index is 4.29. The Kier molecular flexibility index (Phi) is 8.39. The Morgan fingerprint density at radius 3 is 1.49 bits per heavy atom. The molecule has 0 aromatic heterocycles. The molecule has 0 aliphatic heterocycles. The quantitative estimate of drug-likeness (QED) is 0.147. The van der Waals surface area contributed by atoms with Crippen LogP contribution >= 0.6 is 0 Å². The Bertz CT molecular complexity index is 2550. The van der Waals surface area contributed by atoms with E-state index in [1.165, 1.54) is 107 Å². The van der Waals surface area contributed by atoms with Gasteiger partial charge in [0.25, 0.3) is 0 Å². The van der Waals surface area contributed by atoms with E-state index < -0.39 is 0 Å². The smallest absolute Gasteiger partial charge is 0.0620 e. The molecule has 7 aromatic carbocycles. The van der Waals surface area contributed by atoms with Crippen molar-refractivity contribution in [3.63, 3.8) is 0 Å². The van der Waals surface area contributed by atoms with Crippen LogP contribution in [-0.4, -0.2) is 0 Å². The topological polar surface area (TPSA) is 12.0 Å². The molecule has 276 valence electrons. The summed E-state index contributed by atoms with van der Waals surface area (Å²) in [5.41, 5.74) is 17.7. The van der Waals surface area contributed by atoms with Gasteiger partial charge in [-0.15, -0.1) is 0 Å². The number of fused-ring (bicyclic) bond motifs is 8. The molecule has 0 radical (unpaired) electrons. The second-order valence-corrected chi connectivity index (χ2v) is 17.4. The number of rotatable bonds is 9. The van der Waals surface area contributed by atoms with Crippen molar-refractivity contribution in [1.82, 2.24) is 0 Å². The molecule has 1 N–H and O–H groups in total. The average molecular weight is 718 g/mol. The highest BCUT2D eigenvalue weighted by Crippen LogP contribution is 2.57. The molecular weight excluding hydrogens is 663 g/mol. The van der Waals surface area contributed by atoms with Crippen LogP contribution in [0.4, 0.5) is 5.69 Å². The van der Waals surface area contributed by atoms with E-state index in [0.29, 0.717) is 5.92 Å². The van der Waals surface area contributed by atoms with Crippen LogP contribution in [0.15, 0.2) is 127 Å². The minimum absolute atomic E-state index is 0.0420. The summed E-state index contributed by atoms with van der Waals surface area (Å²) in [4.78, 5) is 0. The van der Waals surface area contributed by atoms with Crippen molar-refractivity contribution in [3.8, 4) is 33.4 Å². The predicted molar refractivity (Wildman–Crippen MR) is 238 cm³/mol. The van der Waals surface area contributed by atoms with E-state index in [2.05, 4.69) is 188 Å². The largest absolute Gasteiger partial charge is 0.375 e. The van der Waals surface area contributed by atoms with Crippen LogP contribution in [0, 0.1) is 0 Å². The molecule has 0 fully saturated rings. The molecule has 0 saturated heterocycles. The molecule has 0 saturated carbocycles. The summed E-state index contributed by atoms with van der Waals surface area (Å²) in [5, 5.41) is 9.39. The molecule has 1 heteroatoms. The first-order valence-electron chi connectivity index (χ1n) is 20.8. The lowest BCUT2D eigenvalue weighted by Gasteiger charge is -2.37. The van der Waals surface area contributed by atoms with Crippen molar-refractivity contribution in [2.75, 3.05) is 5.32 Å². The van der Waals surface area contributed by atoms with Gasteiger partial charge in [-0.2, -0.15) is 0 Å². The molecule has 2 aliphatic rings. The van der Waals surface area contributed by atoms with Crippen molar-refractivity contribution in [2.24, 2.45) is 0 Å². The molecule has 0 atom stereocenters. The van der Waals surface area contributed by atoms with Crippen LogP contribution in [0.1, 0.15) is 120 Å². The third-order valence-electron chi connectivity index (χ3n) is 14.1. The fourth-order valence-corrected chi connectivity index (χ4v) is 10.6. The minimum Gasteiger partial charge on any atom is -0.375 e. The Balaban J connectivity index is 1.16. The molecular formula is C54H55N. The molecule has 9 rings (SSSR count). The molecule has 0 heterocycles. The van der Waals surface area contributed by atoms with Gasteiger partial charge in [0, 0.05) is 21.6 Å². The molecule has 0 bridgehead atoms. The molecule has 0 unspecified atom stereocenters. The van der Waals surface area contributed by atoms with Gasteiger partial charge in [0.15, 0.2) is 0 Å². The van der Waals surface area contributed by atoms with E-state index in [-0.39, 0.29) is 16.4 Å². The normalized spacial score (nSPS) is 14.9. The number of benzene rings is 7. The zero-order valence-corrected chi connectivity index (χ0v) is 34.0. The van der Waals surface area contributed by atoms with Crippen LogP contribution in [0.2, 0.25) is 0 Å². The second kappa shape index (κ2) is 13.0. The van der Waals surface area contributed by atoms with Crippen molar-refractivity contribution in [3.05, 3.63) is 161 Å². The number of hydrogen-bond acceptors (Lipinski definition) is 1. The number of anilines is 1. The van der Waals surface area contributed by atoms with E-state index in [0.717, 1.165) is 12.8 Å². The van der Waals surface area contributed by atoms with E-state index in [4.69, 9.17) is 0 Å². The second-order valence-electron chi connectivity index (χ2n) is 17.4. The van der Waals surface area contributed by atoms with E-state index in [1.54, 1.807) is 0 Å². The van der Waals surface area contributed by atoms with E-state index in [9.17, 15) is 0 Å². The van der Waals surface area contributed by atoms with E-state index in [1.807, 2.05) is 0 Å². The highest BCUT2D eigenvalue weighted by molar-refractivity contribution is 6.20. The predicted octanol–water partition coefficient (Wildman–Crippen LogP) is 15.3. The summed E-state index contributed by atoms with van der Waals surface area (Å²) in [5.74, 6) is 0.619. The molecule has 1 nitrogen and oxygen atoms in total. The first kappa shape index (κ1) is 35.6. The molecule has 2 aliphatic carbocycles. The monoisotopic (exact) mass is 717 g/mol. The van der Waals surface area contributed by atoms with Gasteiger partial charge in [-0.05, 0) is 121 Å². The van der Waals surface area contributed by atoms with Crippen LogP contribution in [-0.2, 0) is 16.4 Å². The van der Waals surface area contributed by atoms with Gasteiger partial charge in [-0.3, -0.25) is 0 Å². The van der Waals surface area contributed by atoms with Crippen LogP contribution < -0.4 is 5.32 Å². The summed E-state index contributed by atoms with van der Waals surface area (Å²) >= 11 is 0. The minimum atomic E-state index is -0.255. The van der Waals surface area contributed by atoms with Crippen molar-refractivity contribution in [2.45, 2.75) is 103 Å². The van der Waals surface area contributed by atoms with Gasteiger partial charge < -0.3 is 5.32 Å². The van der Waals surface area contributed by atoms with Gasteiger partial charge in [0.1, 0.15) is 0 Å². The molecule has 7 aromatic rings. The van der Waals surface area contributed by atoms with Gasteiger partial charge in [-0.25, -0.2) is 0 Å². The summed E-state index contributed by atoms with van der Waals surface area (Å²) < 4.78 is 0. The highest BCUT2D eigenvalue weighted by atomic mass is 15.0. The average Bonchev–Trinajstić information content (AvgIpc) is 3.58. The van der Waals surface area contributed by atoms with Crippen LogP contribution in [0.3, 0.4) is 0 Å². The first-order valence-corrected chi connectivity index (χ1v) is 20.8. The zero-order valence-electron chi connectivity index (χ0n) is 34.0. The van der Waals surface area contributed by atoms with Gasteiger partial charge >= 0.3 is 0 Å². The molecule has 0 amide bonds. The van der Waals surface area contributed by atoms with Crippen molar-refractivity contribution in [1.29, 1.82) is 0 Å². The summed E-state index contributed by atoms with van der Waals surface area (Å²) in [7, 11) is 0. The van der Waals surface area contributed by atoms with Gasteiger partial charge in [-0.1, -0.05) is 171 Å². The maximum Gasteiger partial charge on any atom is 0.0620 e. The lowest BCUT2D eigenvalue weighted by Crippen LogP contribution is -2.34. The summed E-state index contributed by atoms with van der Waals surface area (Å²) in [6.07, 6.45) is 4.31. The Morgan fingerprint density at radius 1 is 0.491 bits per heavy atom. The Hall–Kier alpha value is -5.14. The molecule has 55 heavy (non-hydrogen) atoms. The number of hydrogen-bond donors (Lipinski definition) is 1.